The zero-order valence-electron chi connectivity index (χ0n) is 9.20. The second kappa shape index (κ2) is 4.41. The first-order chi connectivity index (χ1) is 7.35. The number of nitrogens with one attached hydrogen (secondary N) is 1. The lowest BCUT2D eigenvalue weighted by Gasteiger charge is -2.13. The summed E-state index contributed by atoms with van der Waals surface area (Å²) in [5.74, 6) is 0. The molecule has 0 spiro atoms. The lowest BCUT2D eigenvalue weighted by molar-refractivity contribution is 0.563. The van der Waals surface area contributed by atoms with Crippen LogP contribution in [0.4, 0.5) is 0 Å². The van der Waals surface area contributed by atoms with E-state index in [0.29, 0.717) is 6.04 Å². The van der Waals surface area contributed by atoms with Crippen molar-refractivity contribution in [2.24, 2.45) is 0 Å². The molecule has 0 aliphatic heterocycles. The van der Waals surface area contributed by atoms with Gasteiger partial charge in [-0.15, -0.1) is 0 Å². The van der Waals surface area contributed by atoms with Gasteiger partial charge in [-0.25, -0.2) is 0 Å². The number of benzene rings is 1. The first kappa shape index (κ1) is 10.1. The SMILES string of the molecule is CCC(NC)c1ccc2ccccc2n1. The fraction of sp³-hybridized carbons (Fsp3) is 0.308. The number of hydrogen-bond donors (Lipinski definition) is 1. The van der Waals surface area contributed by atoms with E-state index in [1.165, 1.54) is 5.39 Å². The fourth-order valence-electron chi connectivity index (χ4n) is 1.84. The molecule has 0 bridgehead atoms. The van der Waals surface area contributed by atoms with E-state index in [9.17, 15) is 0 Å². The summed E-state index contributed by atoms with van der Waals surface area (Å²) >= 11 is 0. The molecule has 1 aromatic carbocycles. The van der Waals surface area contributed by atoms with Crippen LogP contribution < -0.4 is 5.32 Å². The highest BCUT2D eigenvalue weighted by Gasteiger charge is 2.07. The zero-order valence-corrected chi connectivity index (χ0v) is 9.20. The van der Waals surface area contributed by atoms with Gasteiger partial charge in [0.25, 0.3) is 0 Å². The Balaban J connectivity index is 2.46. The van der Waals surface area contributed by atoms with Crippen molar-refractivity contribution in [3.63, 3.8) is 0 Å². The summed E-state index contributed by atoms with van der Waals surface area (Å²) in [6.45, 7) is 2.16. The Labute approximate surface area is 90.3 Å². The number of aromatic nitrogens is 1. The third-order valence-electron chi connectivity index (χ3n) is 2.73. The van der Waals surface area contributed by atoms with Crippen molar-refractivity contribution in [1.82, 2.24) is 10.3 Å². The maximum absolute atomic E-state index is 4.65. The Hall–Kier alpha value is -1.41. The van der Waals surface area contributed by atoms with Crippen LogP contribution >= 0.6 is 0 Å². The molecule has 1 heterocycles. The Morgan fingerprint density at radius 3 is 2.73 bits per heavy atom. The van der Waals surface area contributed by atoms with E-state index < -0.39 is 0 Å². The second-order valence-corrected chi connectivity index (χ2v) is 3.68. The molecule has 2 aromatic rings. The molecule has 0 saturated heterocycles. The van der Waals surface area contributed by atoms with Gasteiger partial charge in [-0.05, 0) is 25.6 Å². The van der Waals surface area contributed by atoms with Crippen molar-refractivity contribution in [1.29, 1.82) is 0 Å². The maximum atomic E-state index is 4.65. The molecule has 0 saturated carbocycles. The molecule has 1 atom stereocenters. The molecule has 0 aliphatic rings. The first-order valence-electron chi connectivity index (χ1n) is 5.38. The van der Waals surface area contributed by atoms with Crippen molar-refractivity contribution in [2.45, 2.75) is 19.4 Å². The lowest BCUT2D eigenvalue weighted by Crippen LogP contribution is -2.16. The van der Waals surface area contributed by atoms with Crippen LogP contribution in [0, 0.1) is 0 Å². The van der Waals surface area contributed by atoms with Gasteiger partial charge >= 0.3 is 0 Å². The number of hydrogen-bond acceptors (Lipinski definition) is 2. The standard InChI is InChI=1S/C13H16N2/c1-3-11(14-2)13-9-8-10-6-4-5-7-12(10)15-13/h4-9,11,14H,3H2,1-2H3. The molecule has 2 nitrogen and oxygen atoms in total. The smallest absolute Gasteiger partial charge is 0.0706 e. The average Bonchev–Trinajstić information content (AvgIpc) is 2.30. The molecule has 78 valence electrons. The number of pyridine rings is 1. The van der Waals surface area contributed by atoms with Crippen molar-refractivity contribution in [2.75, 3.05) is 7.05 Å². The van der Waals surface area contributed by atoms with Crippen LogP contribution in [0.2, 0.25) is 0 Å². The summed E-state index contributed by atoms with van der Waals surface area (Å²) in [4.78, 5) is 4.65. The highest BCUT2D eigenvalue weighted by molar-refractivity contribution is 5.78. The molecular formula is C13H16N2. The summed E-state index contributed by atoms with van der Waals surface area (Å²) in [7, 11) is 1.98. The quantitative estimate of drug-likeness (QED) is 0.824. The van der Waals surface area contributed by atoms with Gasteiger partial charge in [-0.3, -0.25) is 4.98 Å². The van der Waals surface area contributed by atoms with Crippen molar-refractivity contribution >= 4 is 10.9 Å². The van der Waals surface area contributed by atoms with Gasteiger partial charge in [-0.2, -0.15) is 0 Å². The first-order valence-corrected chi connectivity index (χ1v) is 5.38. The molecule has 1 aromatic heterocycles. The Morgan fingerprint density at radius 2 is 2.00 bits per heavy atom. The van der Waals surface area contributed by atoms with Gasteiger partial charge in [0.15, 0.2) is 0 Å². The molecule has 0 fully saturated rings. The fourth-order valence-corrected chi connectivity index (χ4v) is 1.84. The van der Waals surface area contributed by atoms with Crippen molar-refractivity contribution < 1.29 is 0 Å². The van der Waals surface area contributed by atoms with E-state index in [1.54, 1.807) is 0 Å². The molecule has 0 radical (unpaired) electrons. The maximum Gasteiger partial charge on any atom is 0.0706 e. The highest BCUT2D eigenvalue weighted by atomic mass is 14.9. The topological polar surface area (TPSA) is 24.9 Å². The Morgan fingerprint density at radius 1 is 1.20 bits per heavy atom. The van der Waals surface area contributed by atoms with E-state index >= 15 is 0 Å². The minimum absolute atomic E-state index is 0.356. The molecule has 15 heavy (non-hydrogen) atoms. The summed E-state index contributed by atoms with van der Waals surface area (Å²) in [6, 6.07) is 12.8. The van der Waals surface area contributed by atoms with Crippen LogP contribution in [0.5, 0.6) is 0 Å². The van der Waals surface area contributed by atoms with Crippen molar-refractivity contribution in [3.8, 4) is 0 Å². The highest BCUT2D eigenvalue weighted by Crippen LogP contribution is 2.18. The summed E-state index contributed by atoms with van der Waals surface area (Å²) in [6.07, 6.45) is 1.06. The van der Waals surface area contributed by atoms with Gasteiger partial charge in [0, 0.05) is 11.4 Å². The predicted octanol–water partition coefficient (Wildman–Crippen LogP) is 2.91. The van der Waals surface area contributed by atoms with Gasteiger partial charge in [-0.1, -0.05) is 31.2 Å². The van der Waals surface area contributed by atoms with Crippen LogP contribution in [-0.4, -0.2) is 12.0 Å². The van der Waals surface area contributed by atoms with Crippen LogP contribution in [0.25, 0.3) is 10.9 Å². The van der Waals surface area contributed by atoms with E-state index in [-0.39, 0.29) is 0 Å². The summed E-state index contributed by atoms with van der Waals surface area (Å²) in [5, 5.41) is 4.47. The van der Waals surface area contributed by atoms with Crippen LogP contribution in [0.1, 0.15) is 25.1 Å². The van der Waals surface area contributed by atoms with Crippen LogP contribution in [0.15, 0.2) is 36.4 Å². The summed E-state index contributed by atoms with van der Waals surface area (Å²) in [5.41, 5.74) is 2.20. The Bertz CT molecular complexity index is 447. The van der Waals surface area contributed by atoms with Crippen LogP contribution in [-0.2, 0) is 0 Å². The third kappa shape index (κ3) is 2.00. The average molecular weight is 200 g/mol. The molecule has 2 rings (SSSR count). The molecule has 1 N–H and O–H groups in total. The Kier molecular flexibility index (Phi) is 2.97. The zero-order chi connectivity index (χ0) is 10.7. The van der Waals surface area contributed by atoms with E-state index in [1.807, 2.05) is 19.2 Å². The second-order valence-electron chi connectivity index (χ2n) is 3.68. The van der Waals surface area contributed by atoms with Gasteiger partial charge < -0.3 is 5.32 Å². The molecular weight excluding hydrogens is 184 g/mol. The molecule has 1 unspecified atom stereocenters. The third-order valence-corrected chi connectivity index (χ3v) is 2.73. The van der Waals surface area contributed by atoms with Crippen LogP contribution in [0.3, 0.4) is 0 Å². The van der Waals surface area contributed by atoms with Gasteiger partial charge in [0.1, 0.15) is 0 Å². The lowest BCUT2D eigenvalue weighted by atomic mass is 10.1. The number of nitrogens with zero attached hydrogens (tertiary/aromatic N) is 1. The number of fused-ring (bicyclic) bond motifs is 1. The largest absolute Gasteiger partial charge is 0.312 e. The summed E-state index contributed by atoms with van der Waals surface area (Å²) < 4.78 is 0. The normalized spacial score (nSPS) is 12.9. The molecule has 2 heteroatoms. The van der Waals surface area contributed by atoms with E-state index in [0.717, 1.165) is 17.6 Å². The molecule has 0 aliphatic carbocycles. The van der Waals surface area contributed by atoms with Crippen molar-refractivity contribution in [3.05, 3.63) is 42.1 Å². The molecule has 0 amide bonds. The minimum Gasteiger partial charge on any atom is -0.312 e. The predicted molar refractivity (Wildman–Crippen MR) is 63.8 cm³/mol. The van der Waals surface area contributed by atoms with E-state index in [2.05, 4.69) is 41.5 Å². The van der Waals surface area contributed by atoms with Gasteiger partial charge in [0.05, 0.1) is 11.2 Å². The monoisotopic (exact) mass is 200 g/mol. The number of para-hydroxylation sites is 1. The number of rotatable bonds is 3. The van der Waals surface area contributed by atoms with E-state index in [4.69, 9.17) is 0 Å². The van der Waals surface area contributed by atoms with Gasteiger partial charge in [0.2, 0.25) is 0 Å². The minimum atomic E-state index is 0.356.